The number of aliphatic hydroxyl groups is 1. The van der Waals surface area contributed by atoms with Gasteiger partial charge in [0.25, 0.3) is 0 Å². The molecule has 0 fully saturated rings. The van der Waals surface area contributed by atoms with Crippen LogP contribution in [0.1, 0.15) is 25.0 Å². The molecule has 0 amide bonds. The van der Waals surface area contributed by atoms with Gasteiger partial charge in [-0.2, -0.15) is 0 Å². The highest BCUT2D eigenvalue weighted by molar-refractivity contribution is 5.59. The van der Waals surface area contributed by atoms with Crippen LogP contribution in [0.25, 0.3) is 0 Å². The van der Waals surface area contributed by atoms with E-state index >= 15 is 0 Å². The molecule has 0 saturated carbocycles. The summed E-state index contributed by atoms with van der Waals surface area (Å²) in [6.07, 6.45) is 0.619. The largest absolute Gasteiger partial charge is 0.486 e. The fourth-order valence-corrected chi connectivity index (χ4v) is 1.80. The number of hydrogen-bond acceptors (Lipinski definition) is 4. The molecular formula is C12H18N2O2. The van der Waals surface area contributed by atoms with Crippen LogP contribution in [0.15, 0.2) is 18.2 Å². The Morgan fingerprint density at radius 2 is 2.44 bits per heavy atom. The summed E-state index contributed by atoms with van der Waals surface area (Å²) in [5.74, 6) is 0.853. The SMILES string of the molecule is CCC1CNc2cc(C(O)CN)ccc2O1. The maximum Gasteiger partial charge on any atom is 0.142 e. The molecule has 2 rings (SSSR count). The molecule has 0 spiro atoms. The Hall–Kier alpha value is -1.26. The Morgan fingerprint density at radius 3 is 3.12 bits per heavy atom. The molecule has 16 heavy (non-hydrogen) atoms. The molecule has 1 aliphatic rings. The molecule has 4 nitrogen and oxygen atoms in total. The van der Waals surface area contributed by atoms with E-state index in [1.807, 2.05) is 18.2 Å². The van der Waals surface area contributed by atoms with Crippen molar-refractivity contribution < 1.29 is 9.84 Å². The highest BCUT2D eigenvalue weighted by Gasteiger charge is 2.18. The second kappa shape index (κ2) is 4.72. The molecule has 0 saturated heterocycles. The summed E-state index contributed by atoms with van der Waals surface area (Å²) in [6.45, 7) is 3.15. The summed E-state index contributed by atoms with van der Waals surface area (Å²) in [4.78, 5) is 0. The van der Waals surface area contributed by atoms with Gasteiger partial charge in [0.2, 0.25) is 0 Å². The van der Waals surface area contributed by atoms with Gasteiger partial charge >= 0.3 is 0 Å². The van der Waals surface area contributed by atoms with Gasteiger partial charge in [0.05, 0.1) is 18.3 Å². The van der Waals surface area contributed by atoms with Crippen LogP contribution in [0.4, 0.5) is 5.69 Å². The normalized spacial score (nSPS) is 20.6. The summed E-state index contributed by atoms with van der Waals surface area (Å²) < 4.78 is 5.77. The zero-order valence-corrected chi connectivity index (χ0v) is 9.44. The fourth-order valence-electron chi connectivity index (χ4n) is 1.80. The Bertz CT molecular complexity index is 368. The molecule has 2 atom stereocenters. The Labute approximate surface area is 95.4 Å². The zero-order chi connectivity index (χ0) is 11.5. The van der Waals surface area contributed by atoms with E-state index < -0.39 is 6.10 Å². The smallest absolute Gasteiger partial charge is 0.142 e. The third-order valence-electron chi connectivity index (χ3n) is 2.88. The molecule has 1 aliphatic heterocycles. The summed E-state index contributed by atoms with van der Waals surface area (Å²) >= 11 is 0. The maximum atomic E-state index is 9.64. The average molecular weight is 222 g/mol. The van der Waals surface area contributed by atoms with E-state index in [0.717, 1.165) is 30.0 Å². The number of nitrogens with one attached hydrogen (secondary N) is 1. The predicted molar refractivity (Wildman–Crippen MR) is 63.7 cm³/mol. The van der Waals surface area contributed by atoms with Gasteiger partial charge in [-0.1, -0.05) is 13.0 Å². The predicted octanol–water partition coefficient (Wildman–Crippen LogP) is 1.26. The van der Waals surface area contributed by atoms with Crippen LogP contribution in [0, 0.1) is 0 Å². The van der Waals surface area contributed by atoms with E-state index in [1.165, 1.54) is 0 Å². The number of hydrogen-bond donors (Lipinski definition) is 3. The Kier molecular flexibility index (Phi) is 3.31. The van der Waals surface area contributed by atoms with E-state index in [0.29, 0.717) is 0 Å². The molecule has 0 aromatic heterocycles. The number of ether oxygens (including phenoxy) is 1. The summed E-state index contributed by atoms with van der Waals surface area (Å²) in [6, 6.07) is 5.65. The quantitative estimate of drug-likeness (QED) is 0.720. The van der Waals surface area contributed by atoms with Crippen molar-refractivity contribution in [1.82, 2.24) is 0 Å². The minimum atomic E-state index is -0.601. The first kappa shape index (κ1) is 11.2. The van der Waals surface area contributed by atoms with Crippen molar-refractivity contribution in [3.05, 3.63) is 23.8 Å². The Morgan fingerprint density at radius 1 is 1.62 bits per heavy atom. The molecule has 4 heteroatoms. The summed E-state index contributed by atoms with van der Waals surface area (Å²) in [5, 5.41) is 12.9. The van der Waals surface area contributed by atoms with Crippen molar-refractivity contribution in [3.8, 4) is 5.75 Å². The molecule has 0 bridgehead atoms. The van der Waals surface area contributed by atoms with Crippen LogP contribution in [0.2, 0.25) is 0 Å². The van der Waals surface area contributed by atoms with E-state index in [2.05, 4.69) is 12.2 Å². The van der Waals surface area contributed by atoms with Gasteiger partial charge in [-0.15, -0.1) is 0 Å². The van der Waals surface area contributed by atoms with Gasteiger partial charge in [-0.3, -0.25) is 0 Å². The van der Waals surface area contributed by atoms with Gasteiger partial charge in [0.15, 0.2) is 0 Å². The molecule has 2 unspecified atom stereocenters. The zero-order valence-electron chi connectivity index (χ0n) is 9.44. The van der Waals surface area contributed by atoms with Crippen LogP contribution in [0.3, 0.4) is 0 Å². The first-order chi connectivity index (χ1) is 7.74. The lowest BCUT2D eigenvalue weighted by atomic mass is 10.1. The summed E-state index contributed by atoms with van der Waals surface area (Å²) in [5.41, 5.74) is 7.19. The average Bonchev–Trinajstić information content (AvgIpc) is 2.36. The lowest BCUT2D eigenvalue weighted by Gasteiger charge is -2.27. The van der Waals surface area contributed by atoms with Crippen molar-refractivity contribution in [3.63, 3.8) is 0 Å². The third-order valence-corrected chi connectivity index (χ3v) is 2.88. The third kappa shape index (κ3) is 2.13. The van der Waals surface area contributed by atoms with Crippen LogP contribution in [0.5, 0.6) is 5.75 Å². The highest BCUT2D eigenvalue weighted by atomic mass is 16.5. The number of fused-ring (bicyclic) bond motifs is 1. The van der Waals surface area contributed by atoms with Gasteiger partial charge in [0, 0.05) is 6.54 Å². The minimum absolute atomic E-state index is 0.233. The molecule has 1 heterocycles. The molecule has 0 aliphatic carbocycles. The lowest BCUT2D eigenvalue weighted by molar-refractivity contribution is 0.185. The first-order valence-corrected chi connectivity index (χ1v) is 5.67. The molecular weight excluding hydrogens is 204 g/mol. The van der Waals surface area contributed by atoms with Crippen LogP contribution < -0.4 is 15.8 Å². The van der Waals surface area contributed by atoms with Gasteiger partial charge in [0.1, 0.15) is 11.9 Å². The fraction of sp³-hybridized carbons (Fsp3) is 0.500. The molecule has 88 valence electrons. The molecule has 4 N–H and O–H groups in total. The second-order valence-electron chi connectivity index (χ2n) is 4.04. The number of aliphatic hydroxyl groups excluding tert-OH is 1. The lowest BCUT2D eigenvalue weighted by Crippen LogP contribution is -2.30. The Balaban J connectivity index is 2.21. The van der Waals surface area contributed by atoms with Gasteiger partial charge < -0.3 is 20.9 Å². The highest BCUT2D eigenvalue weighted by Crippen LogP contribution is 2.32. The number of nitrogens with two attached hydrogens (primary N) is 1. The van der Waals surface area contributed by atoms with Crippen molar-refractivity contribution in [2.75, 3.05) is 18.4 Å². The topological polar surface area (TPSA) is 67.5 Å². The van der Waals surface area contributed by atoms with E-state index in [4.69, 9.17) is 10.5 Å². The van der Waals surface area contributed by atoms with Crippen molar-refractivity contribution in [2.24, 2.45) is 5.73 Å². The monoisotopic (exact) mass is 222 g/mol. The molecule has 1 aromatic rings. The number of rotatable bonds is 3. The van der Waals surface area contributed by atoms with Crippen LogP contribution in [-0.4, -0.2) is 24.3 Å². The van der Waals surface area contributed by atoms with Gasteiger partial charge in [-0.05, 0) is 24.1 Å². The maximum absolute atomic E-state index is 9.64. The van der Waals surface area contributed by atoms with Crippen molar-refractivity contribution in [1.29, 1.82) is 0 Å². The van der Waals surface area contributed by atoms with Crippen molar-refractivity contribution in [2.45, 2.75) is 25.6 Å². The van der Waals surface area contributed by atoms with E-state index in [9.17, 15) is 5.11 Å². The molecule has 1 aromatic carbocycles. The standard InChI is InChI=1S/C12H18N2O2/c1-2-9-7-14-10-5-8(11(15)6-13)3-4-12(10)16-9/h3-5,9,11,14-15H,2,6-7,13H2,1H3. The van der Waals surface area contributed by atoms with Gasteiger partial charge in [-0.25, -0.2) is 0 Å². The second-order valence-corrected chi connectivity index (χ2v) is 4.04. The van der Waals surface area contributed by atoms with Crippen molar-refractivity contribution >= 4 is 5.69 Å². The van der Waals surface area contributed by atoms with Crippen LogP contribution >= 0.6 is 0 Å². The van der Waals surface area contributed by atoms with E-state index in [-0.39, 0.29) is 12.6 Å². The molecule has 0 radical (unpaired) electrons. The number of anilines is 1. The minimum Gasteiger partial charge on any atom is -0.486 e. The summed E-state index contributed by atoms with van der Waals surface area (Å²) in [7, 11) is 0. The van der Waals surface area contributed by atoms with Crippen LogP contribution in [-0.2, 0) is 0 Å². The van der Waals surface area contributed by atoms with E-state index in [1.54, 1.807) is 0 Å². The number of benzene rings is 1. The first-order valence-electron chi connectivity index (χ1n) is 5.67.